The molecule has 1 atom stereocenters. The van der Waals surface area contributed by atoms with E-state index in [1.54, 1.807) is 6.92 Å². The Labute approximate surface area is 179 Å². The number of amides is 1. The van der Waals surface area contributed by atoms with Gasteiger partial charge in [0.15, 0.2) is 0 Å². The Hall–Kier alpha value is -2.37. The molecular weight excluding hydrogens is 374 g/mol. The van der Waals surface area contributed by atoms with Gasteiger partial charge in [-0.2, -0.15) is 0 Å². The molecule has 2 aromatic carbocycles. The van der Waals surface area contributed by atoms with E-state index in [1.807, 2.05) is 17.0 Å². The van der Waals surface area contributed by atoms with Crippen LogP contribution < -0.4 is 9.80 Å². The molecule has 30 heavy (non-hydrogen) atoms. The zero-order valence-electron chi connectivity index (χ0n) is 18.4. The molecule has 0 radical (unpaired) electrons. The quantitative estimate of drug-likeness (QED) is 0.825. The molecule has 1 unspecified atom stereocenters. The first-order valence-corrected chi connectivity index (χ1v) is 11.1. The standard InChI is InChI=1S/C25H33N3O2/c1-18-5-4-6-23(19(18)2)27-15-13-26(14-16-27)11-10-25(30)22-7-8-24-21(17-22)9-12-28(24)20(3)29/h4-8,17,25,30H,9-16H2,1-3H3. The minimum atomic E-state index is -0.460. The Kier molecular flexibility index (Phi) is 6.11. The maximum atomic E-state index is 11.7. The molecule has 0 aliphatic carbocycles. The van der Waals surface area contributed by atoms with Gasteiger partial charge in [0.2, 0.25) is 5.91 Å². The number of carbonyl (C=O) groups is 1. The molecule has 0 spiro atoms. The van der Waals surface area contributed by atoms with Gasteiger partial charge in [0.25, 0.3) is 0 Å². The number of piperazine rings is 1. The first kappa shape index (κ1) is 20.9. The van der Waals surface area contributed by atoms with Crippen LogP contribution in [-0.2, 0) is 11.2 Å². The number of benzene rings is 2. The molecule has 5 heteroatoms. The van der Waals surface area contributed by atoms with Crippen molar-refractivity contribution in [2.45, 2.75) is 39.7 Å². The van der Waals surface area contributed by atoms with Gasteiger partial charge in [-0.15, -0.1) is 0 Å². The molecule has 1 amide bonds. The number of aryl methyl sites for hydroxylation is 1. The lowest BCUT2D eigenvalue weighted by molar-refractivity contribution is -0.116. The van der Waals surface area contributed by atoms with Crippen LogP contribution in [0.3, 0.4) is 0 Å². The lowest BCUT2D eigenvalue weighted by Crippen LogP contribution is -2.47. The molecule has 1 saturated heterocycles. The molecule has 0 saturated carbocycles. The first-order chi connectivity index (χ1) is 14.4. The second kappa shape index (κ2) is 8.78. The van der Waals surface area contributed by atoms with E-state index in [4.69, 9.17) is 0 Å². The molecule has 2 aliphatic heterocycles. The molecule has 160 valence electrons. The lowest BCUT2D eigenvalue weighted by atomic mass is 10.0. The van der Waals surface area contributed by atoms with Crippen molar-refractivity contribution in [3.63, 3.8) is 0 Å². The van der Waals surface area contributed by atoms with Crippen LogP contribution >= 0.6 is 0 Å². The lowest BCUT2D eigenvalue weighted by Gasteiger charge is -2.37. The molecule has 1 N–H and O–H groups in total. The van der Waals surface area contributed by atoms with Crippen molar-refractivity contribution >= 4 is 17.3 Å². The highest BCUT2D eigenvalue weighted by molar-refractivity contribution is 5.93. The molecular formula is C25H33N3O2. The summed E-state index contributed by atoms with van der Waals surface area (Å²) in [5.41, 5.74) is 7.21. The molecule has 4 rings (SSSR count). The van der Waals surface area contributed by atoms with Crippen molar-refractivity contribution in [3.05, 3.63) is 58.7 Å². The number of aliphatic hydroxyl groups is 1. The predicted molar refractivity (Wildman–Crippen MR) is 122 cm³/mol. The SMILES string of the molecule is CC(=O)N1CCc2cc(C(O)CCN3CCN(c4cccc(C)c4C)CC3)ccc21. The van der Waals surface area contributed by atoms with Crippen LogP contribution in [0.5, 0.6) is 0 Å². The van der Waals surface area contributed by atoms with E-state index in [9.17, 15) is 9.90 Å². The van der Waals surface area contributed by atoms with Crippen molar-refractivity contribution in [2.75, 3.05) is 49.1 Å². The number of aliphatic hydroxyl groups excluding tert-OH is 1. The smallest absolute Gasteiger partial charge is 0.223 e. The first-order valence-electron chi connectivity index (χ1n) is 11.1. The van der Waals surface area contributed by atoms with E-state index in [1.165, 1.54) is 22.4 Å². The third kappa shape index (κ3) is 4.23. The van der Waals surface area contributed by atoms with Crippen LogP contribution in [0.2, 0.25) is 0 Å². The Balaban J connectivity index is 1.30. The van der Waals surface area contributed by atoms with E-state index in [0.717, 1.165) is 63.4 Å². The van der Waals surface area contributed by atoms with Gasteiger partial charge in [0.05, 0.1) is 6.10 Å². The van der Waals surface area contributed by atoms with E-state index in [-0.39, 0.29) is 5.91 Å². The highest BCUT2D eigenvalue weighted by Crippen LogP contribution is 2.31. The summed E-state index contributed by atoms with van der Waals surface area (Å²) in [7, 11) is 0. The zero-order valence-corrected chi connectivity index (χ0v) is 18.4. The summed E-state index contributed by atoms with van der Waals surface area (Å²) in [6.07, 6.45) is 1.15. The van der Waals surface area contributed by atoms with Gasteiger partial charge >= 0.3 is 0 Å². The van der Waals surface area contributed by atoms with Gasteiger partial charge in [-0.05, 0) is 61.1 Å². The normalized spacial score (nSPS) is 17.9. The monoisotopic (exact) mass is 407 g/mol. The van der Waals surface area contributed by atoms with Crippen LogP contribution in [0.25, 0.3) is 0 Å². The Morgan fingerprint density at radius 3 is 2.53 bits per heavy atom. The third-order valence-corrected chi connectivity index (χ3v) is 6.77. The fourth-order valence-electron chi connectivity index (χ4n) is 4.72. The summed E-state index contributed by atoms with van der Waals surface area (Å²) in [6.45, 7) is 11.7. The highest BCUT2D eigenvalue weighted by atomic mass is 16.3. The molecule has 0 bridgehead atoms. The third-order valence-electron chi connectivity index (χ3n) is 6.77. The molecule has 5 nitrogen and oxygen atoms in total. The molecule has 1 fully saturated rings. The number of anilines is 2. The minimum absolute atomic E-state index is 0.0852. The van der Waals surface area contributed by atoms with Crippen molar-refractivity contribution in [1.29, 1.82) is 0 Å². The minimum Gasteiger partial charge on any atom is -0.388 e. The number of rotatable bonds is 5. The van der Waals surface area contributed by atoms with Crippen molar-refractivity contribution in [3.8, 4) is 0 Å². The Bertz CT molecular complexity index is 919. The van der Waals surface area contributed by atoms with E-state index in [0.29, 0.717) is 0 Å². The van der Waals surface area contributed by atoms with E-state index < -0.39 is 6.10 Å². The number of hydrogen-bond donors (Lipinski definition) is 1. The van der Waals surface area contributed by atoms with Gasteiger partial charge in [0.1, 0.15) is 0 Å². The summed E-state index contributed by atoms with van der Waals surface area (Å²) in [5, 5.41) is 10.7. The van der Waals surface area contributed by atoms with Gasteiger partial charge in [-0.25, -0.2) is 0 Å². The second-order valence-corrected chi connectivity index (χ2v) is 8.66. The number of carbonyl (C=O) groups excluding carboxylic acids is 1. The molecule has 2 aromatic rings. The van der Waals surface area contributed by atoms with Gasteiger partial charge in [-0.3, -0.25) is 9.69 Å². The summed E-state index contributed by atoms with van der Waals surface area (Å²) < 4.78 is 0. The average molecular weight is 408 g/mol. The van der Waals surface area contributed by atoms with Gasteiger partial charge in [0, 0.05) is 57.6 Å². The number of nitrogens with zero attached hydrogens (tertiary/aromatic N) is 3. The molecule has 0 aromatic heterocycles. The van der Waals surface area contributed by atoms with E-state index >= 15 is 0 Å². The van der Waals surface area contributed by atoms with Crippen LogP contribution in [0, 0.1) is 13.8 Å². The predicted octanol–water partition coefficient (Wildman–Crippen LogP) is 3.46. The summed E-state index contributed by atoms with van der Waals surface area (Å²) in [5.74, 6) is 0.0852. The molecule has 2 aliphatic rings. The molecule has 2 heterocycles. The second-order valence-electron chi connectivity index (χ2n) is 8.66. The van der Waals surface area contributed by atoms with Crippen LogP contribution in [0.15, 0.2) is 36.4 Å². The average Bonchev–Trinajstić information content (AvgIpc) is 3.18. The highest BCUT2D eigenvalue weighted by Gasteiger charge is 2.24. The number of hydrogen-bond acceptors (Lipinski definition) is 4. The van der Waals surface area contributed by atoms with Crippen LogP contribution in [0.4, 0.5) is 11.4 Å². The largest absolute Gasteiger partial charge is 0.388 e. The van der Waals surface area contributed by atoms with Crippen molar-refractivity contribution in [2.24, 2.45) is 0 Å². The zero-order chi connectivity index (χ0) is 21.3. The van der Waals surface area contributed by atoms with Gasteiger partial charge < -0.3 is 14.9 Å². The maximum Gasteiger partial charge on any atom is 0.223 e. The fraction of sp³-hybridized carbons (Fsp3) is 0.480. The van der Waals surface area contributed by atoms with Gasteiger partial charge in [-0.1, -0.05) is 24.3 Å². The summed E-state index contributed by atoms with van der Waals surface area (Å²) in [4.78, 5) is 18.5. The van der Waals surface area contributed by atoms with Crippen LogP contribution in [0.1, 0.15) is 41.7 Å². The Morgan fingerprint density at radius 2 is 1.80 bits per heavy atom. The van der Waals surface area contributed by atoms with Crippen LogP contribution in [-0.4, -0.2) is 55.2 Å². The van der Waals surface area contributed by atoms with E-state index in [2.05, 4.69) is 47.9 Å². The van der Waals surface area contributed by atoms with Crippen molar-refractivity contribution < 1.29 is 9.90 Å². The number of fused-ring (bicyclic) bond motifs is 1. The summed E-state index contributed by atoms with van der Waals surface area (Å²) >= 11 is 0. The fourth-order valence-corrected chi connectivity index (χ4v) is 4.72. The maximum absolute atomic E-state index is 11.7. The Morgan fingerprint density at radius 1 is 1.03 bits per heavy atom. The van der Waals surface area contributed by atoms with Crippen molar-refractivity contribution in [1.82, 2.24) is 4.90 Å². The summed E-state index contributed by atoms with van der Waals surface area (Å²) in [6, 6.07) is 12.6. The topological polar surface area (TPSA) is 47.0 Å².